The maximum Gasteiger partial charge on any atom is 0.0183 e. The van der Waals surface area contributed by atoms with Crippen LogP contribution < -0.4 is 11.5 Å². The van der Waals surface area contributed by atoms with Crippen LogP contribution in [-0.4, -0.2) is 36.6 Å². The maximum absolute atomic E-state index is 5.96. The zero-order chi connectivity index (χ0) is 11.4. The Morgan fingerprint density at radius 2 is 1.69 bits per heavy atom. The van der Waals surface area contributed by atoms with Crippen LogP contribution in [0.2, 0.25) is 0 Å². The highest BCUT2D eigenvalue weighted by atomic mass is 15.2. The lowest BCUT2D eigenvalue weighted by Gasteiger charge is -2.34. The molecule has 0 aromatic heterocycles. The molecule has 0 bridgehead atoms. The minimum atomic E-state index is 0.250. The molecule has 1 aliphatic heterocycles. The predicted octanol–water partition coefficient (Wildman–Crippen LogP) is 0.589. The van der Waals surface area contributed by atoms with E-state index in [2.05, 4.69) is 35.2 Å². The van der Waals surface area contributed by atoms with Gasteiger partial charge < -0.3 is 11.5 Å². The van der Waals surface area contributed by atoms with Gasteiger partial charge in [0.15, 0.2) is 0 Å². The number of piperidine rings is 1. The molecule has 0 aliphatic carbocycles. The fraction of sp³-hybridized carbons (Fsp3) is 0.538. The van der Waals surface area contributed by atoms with Crippen LogP contribution >= 0.6 is 0 Å². The fourth-order valence-electron chi connectivity index (χ4n) is 2.39. The van der Waals surface area contributed by atoms with Crippen molar-refractivity contribution in [1.29, 1.82) is 0 Å². The molecule has 16 heavy (non-hydrogen) atoms. The summed E-state index contributed by atoms with van der Waals surface area (Å²) in [6, 6.07) is 11.1. The van der Waals surface area contributed by atoms with E-state index in [4.69, 9.17) is 11.5 Å². The fourth-order valence-corrected chi connectivity index (χ4v) is 2.39. The number of nitrogens with two attached hydrogens (primary N) is 2. The summed E-state index contributed by atoms with van der Waals surface area (Å²) in [4.78, 5) is 2.38. The average Bonchev–Trinajstić information content (AvgIpc) is 2.27. The molecule has 1 aromatic rings. The smallest absolute Gasteiger partial charge is 0.0183 e. The van der Waals surface area contributed by atoms with Crippen molar-refractivity contribution in [3.05, 3.63) is 35.9 Å². The van der Waals surface area contributed by atoms with E-state index in [-0.39, 0.29) is 12.1 Å². The molecule has 1 aliphatic rings. The summed E-state index contributed by atoms with van der Waals surface area (Å²) in [5.41, 5.74) is 13.3. The minimum Gasteiger partial charge on any atom is -0.326 e. The molecule has 1 aromatic carbocycles. The minimum absolute atomic E-state index is 0.250. The zero-order valence-electron chi connectivity index (χ0n) is 9.68. The van der Waals surface area contributed by atoms with Gasteiger partial charge in [0.05, 0.1) is 0 Å². The van der Waals surface area contributed by atoms with Crippen molar-refractivity contribution >= 4 is 0 Å². The van der Waals surface area contributed by atoms with Gasteiger partial charge in [0, 0.05) is 31.7 Å². The summed E-state index contributed by atoms with van der Waals surface area (Å²) in [5, 5.41) is 0. The number of benzene rings is 1. The van der Waals surface area contributed by atoms with E-state index in [9.17, 15) is 0 Å². The largest absolute Gasteiger partial charge is 0.326 e. The van der Waals surface area contributed by atoms with E-state index in [0.717, 1.165) is 32.5 Å². The molecule has 1 fully saturated rings. The summed E-state index contributed by atoms with van der Waals surface area (Å²) in [6.07, 6.45) is 2.04. The summed E-state index contributed by atoms with van der Waals surface area (Å²) in [7, 11) is 0. The second-order valence-electron chi connectivity index (χ2n) is 4.75. The lowest BCUT2D eigenvalue weighted by atomic mass is 10.0. The van der Waals surface area contributed by atoms with Gasteiger partial charge in [-0.2, -0.15) is 0 Å². The Hall–Kier alpha value is -0.900. The molecule has 4 N–H and O–H groups in total. The third kappa shape index (κ3) is 3.30. The van der Waals surface area contributed by atoms with E-state index in [1.54, 1.807) is 0 Å². The molecule has 88 valence electrons. The second kappa shape index (κ2) is 5.43. The van der Waals surface area contributed by atoms with E-state index in [1.807, 2.05) is 0 Å². The van der Waals surface area contributed by atoms with Crippen LogP contribution in [0.3, 0.4) is 0 Å². The monoisotopic (exact) mass is 219 g/mol. The van der Waals surface area contributed by atoms with Crippen molar-refractivity contribution in [2.45, 2.75) is 24.9 Å². The average molecular weight is 219 g/mol. The van der Waals surface area contributed by atoms with Crippen LogP contribution in [0.25, 0.3) is 0 Å². The number of likely N-dealkylation sites (tertiary alicyclic amines) is 1. The van der Waals surface area contributed by atoms with Crippen molar-refractivity contribution in [2.24, 2.45) is 11.5 Å². The molecule has 0 amide bonds. The Morgan fingerprint density at radius 1 is 1.06 bits per heavy atom. The topological polar surface area (TPSA) is 55.3 Å². The maximum atomic E-state index is 5.96. The van der Waals surface area contributed by atoms with Gasteiger partial charge in [-0.1, -0.05) is 30.3 Å². The Morgan fingerprint density at radius 3 is 2.31 bits per heavy atom. The number of rotatable bonds is 3. The van der Waals surface area contributed by atoms with Gasteiger partial charge in [-0.05, 0) is 18.4 Å². The van der Waals surface area contributed by atoms with E-state index < -0.39 is 0 Å². The number of hydrogen-bond acceptors (Lipinski definition) is 3. The molecule has 3 heteroatoms. The van der Waals surface area contributed by atoms with Crippen LogP contribution in [0, 0.1) is 0 Å². The third-order valence-electron chi connectivity index (χ3n) is 3.15. The predicted molar refractivity (Wildman–Crippen MR) is 67.2 cm³/mol. The summed E-state index contributed by atoms with van der Waals surface area (Å²) < 4.78 is 0. The molecular weight excluding hydrogens is 198 g/mol. The van der Waals surface area contributed by atoms with Gasteiger partial charge in [0.1, 0.15) is 0 Å². The quantitative estimate of drug-likeness (QED) is 0.782. The lowest BCUT2D eigenvalue weighted by molar-refractivity contribution is 0.192. The van der Waals surface area contributed by atoms with E-state index >= 15 is 0 Å². The first kappa shape index (κ1) is 11.6. The van der Waals surface area contributed by atoms with Crippen molar-refractivity contribution in [3.63, 3.8) is 0 Å². The summed E-state index contributed by atoms with van der Waals surface area (Å²) in [5.74, 6) is 0. The summed E-state index contributed by atoms with van der Waals surface area (Å²) >= 11 is 0. The van der Waals surface area contributed by atoms with Crippen LogP contribution in [0.4, 0.5) is 0 Å². The Balaban J connectivity index is 1.81. The Labute approximate surface area is 97.4 Å². The molecule has 0 radical (unpaired) electrons. The van der Waals surface area contributed by atoms with Crippen LogP contribution in [0.15, 0.2) is 30.3 Å². The van der Waals surface area contributed by atoms with Crippen molar-refractivity contribution in [1.82, 2.24) is 4.90 Å². The lowest BCUT2D eigenvalue weighted by Crippen LogP contribution is -2.52. The molecule has 2 unspecified atom stereocenters. The third-order valence-corrected chi connectivity index (χ3v) is 3.15. The molecule has 1 saturated heterocycles. The standard InChI is InChI=1S/C13H21N3/c14-12-8-13(15)10-16(9-12)7-6-11-4-2-1-3-5-11/h1-5,12-13H,6-10,14-15H2. The highest BCUT2D eigenvalue weighted by Gasteiger charge is 2.21. The molecule has 0 saturated carbocycles. The van der Waals surface area contributed by atoms with E-state index in [1.165, 1.54) is 5.56 Å². The molecule has 3 nitrogen and oxygen atoms in total. The summed E-state index contributed by atoms with van der Waals surface area (Å²) in [6.45, 7) is 3.03. The molecule has 1 heterocycles. The molecule has 0 spiro atoms. The van der Waals surface area contributed by atoms with Crippen LogP contribution in [0.1, 0.15) is 12.0 Å². The second-order valence-corrected chi connectivity index (χ2v) is 4.75. The van der Waals surface area contributed by atoms with Gasteiger partial charge >= 0.3 is 0 Å². The first-order chi connectivity index (χ1) is 7.74. The molecular formula is C13H21N3. The SMILES string of the molecule is NC1CC(N)CN(CCc2ccccc2)C1. The van der Waals surface area contributed by atoms with Gasteiger partial charge in [-0.25, -0.2) is 0 Å². The number of nitrogens with zero attached hydrogens (tertiary/aromatic N) is 1. The van der Waals surface area contributed by atoms with Gasteiger partial charge in [-0.3, -0.25) is 4.90 Å². The van der Waals surface area contributed by atoms with E-state index in [0.29, 0.717) is 0 Å². The van der Waals surface area contributed by atoms with Crippen molar-refractivity contribution < 1.29 is 0 Å². The van der Waals surface area contributed by atoms with Gasteiger partial charge in [0.2, 0.25) is 0 Å². The van der Waals surface area contributed by atoms with Gasteiger partial charge in [0.25, 0.3) is 0 Å². The highest BCUT2D eigenvalue weighted by Crippen LogP contribution is 2.09. The first-order valence-corrected chi connectivity index (χ1v) is 6.01. The van der Waals surface area contributed by atoms with Gasteiger partial charge in [-0.15, -0.1) is 0 Å². The zero-order valence-corrected chi connectivity index (χ0v) is 9.68. The van der Waals surface area contributed by atoms with Crippen LogP contribution in [0.5, 0.6) is 0 Å². The highest BCUT2D eigenvalue weighted by molar-refractivity contribution is 5.14. The Kier molecular flexibility index (Phi) is 3.93. The van der Waals surface area contributed by atoms with Crippen molar-refractivity contribution in [2.75, 3.05) is 19.6 Å². The van der Waals surface area contributed by atoms with Crippen molar-refractivity contribution in [3.8, 4) is 0 Å². The molecule has 2 atom stereocenters. The molecule has 2 rings (SSSR count). The number of hydrogen-bond donors (Lipinski definition) is 2. The normalized spacial score (nSPS) is 26.9. The Bertz CT molecular complexity index is 302. The first-order valence-electron chi connectivity index (χ1n) is 6.01. The van der Waals surface area contributed by atoms with Crippen LogP contribution in [-0.2, 0) is 6.42 Å².